The molecule has 0 bridgehead atoms. The summed E-state index contributed by atoms with van der Waals surface area (Å²) in [5.74, 6) is 3.80. The number of nitrogens with one attached hydrogen (secondary N) is 2. The number of carbonyl (C=O) groups excluding carboxylic acids is 4. The Morgan fingerprint density at radius 2 is 1.82 bits per heavy atom. The van der Waals surface area contributed by atoms with Gasteiger partial charge in [0.05, 0.1) is 45.8 Å². The molecule has 0 saturated carbocycles. The average molecular weight is 608 g/mol. The van der Waals surface area contributed by atoms with Crippen LogP contribution in [0.3, 0.4) is 0 Å². The molecule has 1 atom stereocenters. The summed E-state index contributed by atoms with van der Waals surface area (Å²) in [4.78, 5) is 54.2. The Kier molecular flexibility index (Phi) is 8.05. The zero-order valence-corrected chi connectivity index (χ0v) is 23.7. The van der Waals surface area contributed by atoms with Crippen LogP contribution in [0.15, 0.2) is 53.3 Å². The van der Waals surface area contributed by atoms with Crippen molar-refractivity contribution in [2.75, 3.05) is 42.4 Å². The third-order valence-electron chi connectivity index (χ3n) is 7.47. The van der Waals surface area contributed by atoms with Gasteiger partial charge in [-0.2, -0.15) is 18.3 Å². The number of allylic oxidation sites excluding steroid dienone is 1. The molecule has 44 heavy (non-hydrogen) atoms. The summed E-state index contributed by atoms with van der Waals surface area (Å²) in [7, 11) is 3.25. The highest BCUT2D eigenvalue weighted by Crippen LogP contribution is 2.35. The molecule has 2 fully saturated rings. The molecule has 2 aromatic rings. The minimum atomic E-state index is -4.47. The zero-order chi connectivity index (χ0) is 31.8. The fourth-order valence-electron chi connectivity index (χ4n) is 5.08. The van der Waals surface area contributed by atoms with E-state index in [9.17, 15) is 32.3 Å². The number of nitrogens with two attached hydrogens (primary N) is 1. The summed E-state index contributed by atoms with van der Waals surface area (Å²) < 4.78 is 39.3. The predicted octanol–water partition coefficient (Wildman–Crippen LogP) is 2.55. The summed E-state index contributed by atoms with van der Waals surface area (Å²) in [5.41, 5.74) is 9.85. The van der Waals surface area contributed by atoms with Crippen molar-refractivity contribution in [2.24, 2.45) is 16.8 Å². The summed E-state index contributed by atoms with van der Waals surface area (Å²) in [6.07, 6.45) is -1.69. The number of piperidine rings is 1. The van der Waals surface area contributed by atoms with Gasteiger partial charge < -0.3 is 15.5 Å². The fourth-order valence-corrected chi connectivity index (χ4v) is 5.08. The summed E-state index contributed by atoms with van der Waals surface area (Å²) in [6.45, 7) is 1.10. The molecule has 3 heterocycles. The first kappa shape index (κ1) is 30.1. The van der Waals surface area contributed by atoms with Gasteiger partial charge in [-0.1, -0.05) is 11.8 Å². The van der Waals surface area contributed by atoms with E-state index < -0.39 is 41.4 Å². The van der Waals surface area contributed by atoms with Crippen molar-refractivity contribution in [3.8, 4) is 11.8 Å². The fraction of sp³-hybridized carbons (Fsp3) is 0.300. The minimum absolute atomic E-state index is 0.0212. The molecule has 0 spiro atoms. The number of hydrazone groups is 1. The SMILES string of the molecule is CN(C)c1cc(C(F)(F)F)ccc1NN=CC(C#CC1CN(c2ccc3c(c2)C(=O)N(C2CCC(=O)NC2=O)C3=O)C1)=CN. The Balaban J connectivity index is 1.19. The van der Waals surface area contributed by atoms with Gasteiger partial charge in [0.1, 0.15) is 6.04 Å². The van der Waals surface area contributed by atoms with E-state index in [0.717, 1.165) is 22.7 Å². The molecule has 11 nitrogen and oxygen atoms in total. The molecule has 2 saturated heterocycles. The smallest absolute Gasteiger partial charge is 0.404 e. The third kappa shape index (κ3) is 5.94. The Hall–Kier alpha value is -5.32. The van der Waals surface area contributed by atoms with Gasteiger partial charge >= 0.3 is 6.18 Å². The van der Waals surface area contributed by atoms with Gasteiger partial charge in [-0.25, -0.2) is 0 Å². The third-order valence-corrected chi connectivity index (χ3v) is 7.47. The van der Waals surface area contributed by atoms with Crippen LogP contribution in [0.4, 0.5) is 30.2 Å². The molecule has 0 aromatic heterocycles. The normalized spacial score (nSPS) is 19.0. The van der Waals surface area contributed by atoms with E-state index in [1.54, 1.807) is 32.3 Å². The van der Waals surface area contributed by atoms with Gasteiger partial charge in [0.25, 0.3) is 11.8 Å². The Morgan fingerprint density at radius 1 is 1.09 bits per heavy atom. The van der Waals surface area contributed by atoms with Crippen LogP contribution >= 0.6 is 0 Å². The molecule has 0 aliphatic carbocycles. The maximum atomic E-state index is 13.1. The topological polar surface area (TPSA) is 140 Å². The number of nitrogens with zero attached hydrogens (tertiary/aromatic N) is 4. The molecule has 4 amide bonds. The summed E-state index contributed by atoms with van der Waals surface area (Å²) >= 11 is 0. The number of imide groups is 2. The number of hydrogen-bond donors (Lipinski definition) is 3. The van der Waals surface area contributed by atoms with Crippen molar-refractivity contribution < 1.29 is 32.3 Å². The van der Waals surface area contributed by atoms with E-state index in [-0.39, 0.29) is 29.9 Å². The van der Waals surface area contributed by atoms with E-state index in [4.69, 9.17) is 5.73 Å². The second-order valence-corrected chi connectivity index (χ2v) is 10.7. The first-order chi connectivity index (χ1) is 20.9. The molecular weight excluding hydrogens is 579 g/mol. The number of benzene rings is 2. The second kappa shape index (κ2) is 11.8. The first-order valence-corrected chi connectivity index (χ1v) is 13.6. The molecule has 4 N–H and O–H groups in total. The van der Waals surface area contributed by atoms with E-state index in [1.807, 2.05) is 4.90 Å². The van der Waals surface area contributed by atoms with Crippen molar-refractivity contribution in [1.82, 2.24) is 10.2 Å². The van der Waals surface area contributed by atoms with E-state index in [1.165, 1.54) is 23.4 Å². The van der Waals surface area contributed by atoms with Gasteiger partial charge in [0, 0.05) is 45.5 Å². The first-order valence-electron chi connectivity index (χ1n) is 13.6. The molecule has 3 aliphatic rings. The Bertz CT molecular complexity index is 1670. The highest BCUT2D eigenvalue weighted by molar-refractivity contribution is 6.23. The molecule has 2 aromatic carbocycles. The van der Waals surface area contributed by atoms with Gasteiger partial charge in [0.15, 0.2) is 0 Å². The Labute approximate surface area is 250 Å². The van der Waals surface area contributed by atoms with Crippen LogP contribution in [0, 0.1) is 17.8 Å². The second-order valence-electron chi connectivity index (χ2n) is 10.7. The van der Waals surface area contributed by atoms with Crippen LogP contribution in [0.5, 0.6) is 0 Å². The van der Waals surface area contributed by atoms with Crippen LogP contribution < -0.4 is 26.3 Å². The maximum absolute atomic E-state index is 13.1. The predicted molar refractivity (Wildman–Crippen MR) is 157 cm³/mol. The lowest BCUT2D eigenvalue weighted by Gasteiger charge is -2.38. The molecule has 5 rings (SSSR count). The standard InChI is InChI=1S/C30H28F3N7O4/c1-38(2)25-11-19(30(31,32)33)5-8-23(25)37-35-14-17(13-34)3-4-18-15-39(16-18)20-6-7-21-22(12-20)29(44)40(28(21)43)24-9-10-26(41)36-27(24)42/h5-8,11-14,18,24,37H,9-10,15-16,34H2,1-2H3,(H,36,41,42). The number of hydrogen-bond acceptors (Lipinski definition) is 9. The number of fused-ring (bicyclic) bond motifs is 1. The molecule has 14 heteroatoms. The quantitative estimate of drug-likeness (QED) is 0.197. The number of anilines is 3. The van der Waals surface area contributed by atoms with E-state index in [2.05, 4.69) is 27.7 Å². The van der Waals surface area contributed by atoms with E-state index >= 15 is 0 Å². The van der Waals surface area contributed by atoms with Crippen LogP contribution in [0.2, 0.25) is 0 Å². The van der Waals surface area contributed by atoms with Crippen molar-refractivity contribution in [1.29, 1.82) is 0 Å². The number of amides is 4. The summed E-state index contributed by atoms with van der Waals surface area (Å²) in [6, 6.07) is 7.18. The minimum Gasteiger partial charge on any atom is -0.404 e. The van der Waals surface area contributed by atoms with Gasteiger partial charge in [0.2, 0.25) is 11.8 Å². The number of alkyl halides is 3. The van der Waals surface area contributed by atoms with Crippen LogP contribution in [0.1, 0.15) is 39.1 Å². The average Bonchev–Trinajstić information content (AvgIpc) is 3.19. The van der Waals surface area contributed by atoms with Crippen molar-refractivity contribution >= 4 is 46.9 Å². The van der Waals surface area contributed by atoms with Gasteiger partial charge in [-0.3, -0.25) is 34.8 Å². The van der Waals surface area contributed by atoms with Gasteiger partial charge in [-0.15, -0.1) is 0 Å². The highest BCUT2D eigenvalue weighted by atomic mass is 19.4. The zero-order valence-electron chi connectivity index (χ0n) is 23.7. The lowest BCUT2D eigenvalue weighted by Crippen LogP contribution is -2.54. The van der Waals surface area contributed by atoms with Crippen LogP contribution in [0.25, 0.3) is 0 Å². The van der Waals surface area contributed by atoms with Crippen LogP contribution in [-0.4, -0.2) is 68.0 Å². The Morgan fingerprint density at radius 3 is 2.48 bits per heavy atom. The molecule has 0 radical (unpaired) electrons. The molecule has 1 unspecified atom stereocenters. The van der Waals surface area contributed by atoms with Gasteiger partial charge in [-0.05, 0) is 42.8 Å². The van der Waals surface area contributed by atoms with Crippen molar-refractivity contribution in [2.45, 2.75) is 25.1 Å². The van der Waals surface area contributed by atoms with Crippen LogP contribution in [-0.2, 0) is 15.8 Å². The number of carbonyl (C=O) groups is 4. The van der Waals surface area contributed by atoms with Crippen molar-refractivity contribution in [3.05, 3.63) is 64.9 Å². The van der Waals surface area contributed by atoms with Crippen molar-refractivity contribution in [3.63, 3.8) is 0 Å². The van der Waals surface area contributed by atoms with E-state index in [0.29, 0.717) is 30.0 Å². The maximum Gasteiger partial charge on any atom is 0.416 e. The molecule has 228 valence electrons. The lowest BCUT2D eigenvalue weighted by atomic mass is 9.98. The summed E-state index contributed by atoms with van der Waals surface area (Å²) in [5, 5.41) is 6.26. The molecular formula is C30H28F3N7O4. The monoisotopic (exact) mass is 607 g/mol. The molecule has 3 aliphatic heterocycles. The lowest BCUT2D eigenvalue weighted by molar-refractivity contribution is -0.138. The highest BCUT2D eigenvalue weighted by Gasteiger charge is 2.45. The largest absolute Gasteiger partial charge is 0.416 e. The number of halogens is 3. The number of rotatable bonds is 6.